The Morgan fingerprint density at radius 1 is 1.11 bits per heavy atom. The summed E-state index contributed by atoms with van der Waals surface area (Å²) in [6, 6.07) is 11.1. The molecule has 0 saturated carbocycles. The molecule has 0 fully saturated rings. The zero-order valence-corrected chi connectivity index (χ0v) is 12.3. The van der Waals surface area contributed by atoms with E-state index in [0.29, 0.717) is 17.9 Å². The lowest BCUT2D eigenvalue weighted by Gasteiger charge is -2.35. The quantitative estimate of drug-likeness (QED) is 0.803. The minimum atomic E-state index is 0.430. The van der Waals surface area contributed by atoms with Crippen molar-refractivity contribution >= 4 is 0 Å². The molecule has 18 heavy (non-hydrogen) atoms. The van der Waals surface area contributed by atoms with E-state index < -0.39 is 0 Å². The van der Waals surface area contributed by atoms with Gasteiger partial charge in [0.05, 0.1) is 0 Å². The fraction of sp³-hybridized carbons (Fsp3) is 0.625. The van der Waals surface area contributed by atoms with Gasteiger partial charge < -0.3 is 5.73 Å². The highest BCUT2D eigenvalue weighted by atomic mass is 15.2. The third kappa shape index (κ3) is 4.11. The van der Waals surface area contributed by atoms with Crippen molar-refractivity contribution in [1.29, 1.82) is 0 Å². The highest BCUT2D eigenvalue weighted by Gasteiger charge is 2.23. The Bertz CT molecular complexity index is 321. The van der Waals surface area contributed by atoms with E-state index in [0.717, 1.165) is 19.6 Å². The number of hydrogen-bond acceptors (Lipinski definition) is 2. The lowest BCUT2D eigenvalue weighted by Crippen LogP contribution is -2.45. The lowest BCUT2D eigenvalue weighted by atomic mass is 9.91. The second-order valence-corrected chi connectivity index (χ2v) is 5.48. The minimum Gasteiger partial charge on any atom is -0.329 e. The van der Waals surface area contributed by atoms with Crippen molar-refractivity contribution in [1.82, 2.24) is 4.90 Å². The molecule has 0 bridgehead atoms. The van der Waals surface area contributed by atoms with E-state index in [-0.39, 0.29) is 0 Å². The van der Waals surface area contributed by atoms with Crippen molar-refractivity contribution in [2.75, 3.05) is 19.6 Å². The second kappa shape index (κ2) is 7.55. The molecule has 2 unspecified atom stereocenters. The van der Waals surface area contributed by atoms with Crippen LogP contribution in [0.3, 0.4) is 0 Å². The number of nitrogens with two attached hydrogens (primary N) is 1. The first-order valence-corrected chi connectivity index (χ1v) is 7.09. The molecule has 0 amide bonds. The highest BCUT2D eigenvalue weighted by Crippen LogP contribution is 2.23. The normalized spacial score (nSPS) is 15.1. The lowest BCUT2D eigenvalue weighted by molar-refractivity contribution is 0.168. The van der Waals surface area contributed by atoms with Gasteiger partial charge in [-0.3, -0.25) is 4.90 Å². The number of rotatable bonds is 7. The van der Waals surface area contributed by atoms with Crippen LogP contribution in [0.2, 0.25) is 0 Å². The van der Waals surface area contributed by atoms with Crippen LogP contribution in [0.1, 0.15) is 39.2 Å². The van der Waals surface area contributed by atoms with Crippen LogP contribution in [-0.2, 0) is 0 Å². The molecule has 102 valence electrons. The van der Waals surface area contributed by atoms with E-state index >= 15 is 0 Å². The summed E-state index contributed by atoms with van der Waals surface area (Å²) >= 11 is 0. The molecule has 2 heteroatoms. The highest BCUT2D eigenvalue weighted by molar-refractivity contribution is 5.20. The third-order valence-corrected chi connectivity index (χ3v) is 3.62. The Kier molecular flexibility index (Phi) is 6.37. The maximum absolute atomic E-state index is 6.02. The monoisotopic (exact) mass is 248 g/mol. The topological polar surface area (TPSA) is 29.3 Å². The standard InChI is InChI=1S/C16H28N2/c1-5-18(12-13(2)3)16(11-17)14(4)15-9-7-6-8-10-15/h6-10,13-14,16H,5,11-12,17H2,1-4H3. The van der Waals surface area contributed by atoms with Gasteiger partial charge in [0.1, 0.15) is 0 Å². The first kappa shape index (κ1) is 15.2. The van der Waals surface area contributed by atoms with E-state index in [2.05, 4.69) is 62.9 Å². The summed E-state index contributed by atoms with van der Waals surface area (Å²) < 4.78 is 0. The Hall–Kier alpha value is -0.860. The molecule has 1 aromatic carbocycles. The van der Waals surface area contributed by atoms with Crippen LogP contribution in [0.5, 0.6) is 0 Å². The molecule has 1 aromatic rings. The van der Waals surface area contributed by atoms with Crippen LogP contribution in [-0.4, -0.2) is 30.6 Å². The van der Waals surface area contributed by atoms with Gasteiger partial charge in [-0.25, -0.2) is 0 Å². The summed E-state index contributed by atoms with van der Waals surface area (Å²) in [6.45, 7) is 12.0. The second-order valence-electron chi connectivity index (χ2n) is 5.48. The number of hydrogen-bond donors (Lipinski definition) is 1. The van der Waals surface area contributed by atoms with Gasteiger partial charge in [0.15, 0.2) is 0 Å². The molecule has 0 saturated heterocycles. The van der Waals surface area contributed by atoms with Crippen LogP contribution >= 0.6 is 0 Å². The van der Waals surface area contributed by atoms with Crippen molar-refractivity contribution in [3.8, 4) is 0 Å². The molecular formula is C16H28N2. The Labute approximate surface area is 112 Å². The summed E-state index contributed by atoms with van der Waals surface area (Å²) in [4.78, 5) is 2.52. The van der Waals surface area contributed by atoms with E-state index in [1.807, 2.05) is 0 Å². The summed E-state index contributed by atoms with van der Waals surface area (Å²) in [5.74, 6) is 1.16. The average Bonchev–Trinajstić information content (AvgIpc) is 2.38. The number of nitrogens with zero attached hydrogens (tertiary/aromatic N) is 1. The molecule has 0 spiro atoms. The van der Waals surface area contributed by atoms with Gasteiger partial charge in [-0.2, -0.15) is 0 Å². The predicted octanol–water partition coefficient (Wildman–Crippen LogP) is 3.10. The van der Waals surface area contributed by atoms with Crippen molar-refractivity contribution in [3.63, 3.8) is 0 Å². The van der Waals surface area contributed by atoms with Gasteiger partial charge in [-0.15, -0.1) is 0 Å². The summed E-state index contributed by atoms with van der Waals surface area (Å²) in [7, 11) is 0. The fourth-order valence-electron chi connectivity index (χ4n) is 2.62. The SMILES string of the molecule is CCN(CC(C)C)C(CN)C(C)c1ccccc1. The van der Waals surface area contributed by atoms with Crippen LogP contribution < -0.4 is 5.73 Å². The molecule has 2 atom stereocenters. The van der Waals surface area contributed by atoms with E-state index in [1.165, 1.54) is 5.56 Å². The maximum Gasteiger partial charge on any atom is 0.0284 e. The van der Waals surface area contributed by atoms with E-state index in [9.17, 15) is 0 Å². The molecule has 2 N–H and O–H groups in total. The minimum absolute atomic E-state index is 0.430. The maximum atomic E-state index is 6.02. The van der Waals surface area contributed by atoms with Crippen molar-refractivity contribution in [2.24, 2.45) is 11.7 Å². The van der Waals surface area contributed by atoms with Crippen molar-refractivity contribution in [2.45, 2.75) is 39.7 Å². The fourth-order valence-corrected chi connectivity index (χ4v) is 2.62. The van der Waals surface area contributed by atoms with E-state index in [1.54, 1.807) is 0 Å². The van der Waals surface area contributed by atoms with Crippen molar-refractivity contribution < 1.29 is 0 Å². The van der Waals surface area contributed by atoms with Crippen LogP contribution in [0.4, 0.5) is 0 Å². The summed E-state index contributed by atoms with van der Waals surface area (Å²) in [5, 5.41) is 0. The molecule has 0 aliphatic heterocycles. The smallest absolute Gasteiger partial charge is 0.0284 e. The first-order chi connectivity index (χ1) is 8.60. The van der Waals surface area contributed by atoms with Gasteiger partial charge in [-0.1, -0.05) is 58.0 Å². The zero-order chi connectivity index (χ0) is 13.5. The molecule has 2 nitrogen and oxygen atoms in total. The summed E-state index contributed by atoms with van der Waals surface area (Å²) in [5.41, 5.74) is 7.41. The van der Waals surface area contributed by atoms with Gasteiger partial charge >= 0.3 is 0 Å². The zero-order valence-electron chi connectivity index (χ0n) is 12.3. The Morgan fingerprint density at radius 2 is 1.72 bits per heavy atom. The average molecular weight is 248 g/mol. The van der Waals surface area contributed by atoms with Crippen LogP contribution in [0.25, 0.3) is 0 Å². The molecule has 0 aliphatic carbocycles. The number of benzene rings is 1. The molecular weight excluding hydrogens is 220 g/mol. The molecule has 0 heterocycles. The van der Waals surface area contributed by atoms with Gasteiger partial charge in [0, 0.05) is 19.1 Å². The number of likely N-dealkylation sites (N-methyl/N-ethyl adjacent to an activating group) is 1. The molecule has 1 rings (SSSR count). The van der Waals surface area contributed by atoms with Gasteiger partial charge in [0.25, 0.3) is 0 Å². The van der Waals surface area contributed by atoms with Crippen molar-refractivity contribution in [3.05, 3.63) is 35.9 Å². The molecule has 0 aliphatic rings. The van der Waals surface area contributed by atoms with Gasteiger partial charge in [-0.05, 0) is 23.9 Å². The van der Waals surface area contributed by atoms with E-state index in [4.69, 9.17) is 5.73 Å². The third-order valence-electron chi connectivity index (χ3n) is 3.62. The van der Waals surface area contributed by atoms with Gasteiger partial charge in [0.2, 0.25) is 0 Å². The Balaban J connectivity index is 2.81. The van der Waals surface area contributed by atoms with Crippen LogP contribution in [0.15, 0.2) is 30.3 Å². The van der Waals surface area contributed by atoms with Crippen LogP contribution in [0, 0.1) is 5.92 Å². The first-order valence-electron chi connectivity index (χ1n) is 7.09. The molecule has 0 aromatic heterocycles. The largest absolute Gasteiger partial charge is 0.329 e. The predicted molar refractivity (Wildman–Crippen MR) is 79.8 cm³/mol. The summed E-state index contributed by atoms with van der Waals surface area (Å²) in [6.07, 6.45) is 0. The molecule has 0 radical (unpaired) electrons. The Morgan fingerprint density at radius 3 is 2.17 bits per heavy atom.